The Morgan fingerprint density at radius 1 is 1.07 bits per heavy atom. The van der Waals surface area contributed by atoms with Gasteiger partial charge in [0.15, 0.2) is 0 Å². The van der Waals surface area contributed by atoms with Gasteiger partial charge in [-0.3, -0.25) is 14.2 Å². The third kappa shape index (κ3) is 2.99. The first-order chi connectivity index (χ1) is 14.1. The second-order valence-electron chi connectivity index (χ2n) is 7.91. The van der Waals surface area contributed by atoms with Crippen LogP contribution in [0.2, 0.25) is 0 Å². The molecule has 2 aromatic heterocycles. The number of aromatic amines is 2. The highest BCUT2D eigenvalue weighted by atomic mass is 16.2. The van der Waals surface area contributed by atoms with Gasteiger partial charge in [-0.1, -0.05) is 25.0 Å². The van der Waals surface area contributed by atoms with Crippen LogP contribution in [0.4, 0.5) is 0 Å². The maximum Gasteiger partial charge on any atom is 0.323 e. The van der Waals surface area contributed by atoms with Gasteiger partial charge in [-0.15, -0.1) is 0 Å². The summed E-state index contributed by atoms with van der Waals surface area (Å²) < 4.78 is 1.85. The van der Waals surface area contributed by atoms with Gasteiger partial charge in [-0.05, 0) is 37.8 Å². The molecule has 1 saturated heterocycles. The number of aromatic nitrogens is 4. The van der Waals surface area contributed by atoms with Crippen LogP contribution in [-0.4, -0.2) is 36.9 Å². The lowest BCUT2D eigenvalue weighted by Crippen LogP contribution is -2.37. The van der Waals surface area contributed by atoms with Gasteiger partial charge < -0.3 is 14.9 Å². The smallest absolute Gasteiger partial charge is 0.323 e. The number of nitrogens with one attached hydrogen (secondary N) is 2. The lowest BCUT2D eigenvalue weighted by Gasteiger charge is -2.28. The molecule has 1 aromatic carbocycles. The van der Waals surface area contributed by atoms with E-state index < -0.39 is 5.69 Å². The predicted molar refractivity (Wildman–Crippen MR) is 108 cm³/mol. The molecule has 150 valence electrons. The van der Waals surface area contributed by atoms with Crippen molar-refractivity contribution in [1.29, 1.82) is 0 Å². The van der Waals surface area contributed by atoms with E-state index in [9.17, 15) is 14.4 Å². The number of H-pyrrole nitrogens is 2. The van der Waals surface area contributed by atoms with Gasteiger partial charge in [-0.2, -0.15) is 0 Å². The zero-order chi connectivity index (χ0) is 20.0. The second kappa shape index (κ2) is 7.02. The van der Waals surface area contributed by atoms with Gasteiger partial charge in [0.2, 0.25) is 0 Å². The van der Waals surface area contributed by atoms with Crippen molar-refractivity contribution >= 4 is 16.8 Å². The van der Waals surface area contributed by atoms with Crippen LogP contribution in [-0.2, 0) is 0 Å². The molecule has 1 unspecified atom stereocenters. The third-order valence-corrected chi connectivity index (χ3v) is 6.16. The summed E-state index contributed by atoms with van der Waals surface area (Å²) in [6, 6.07) is 7.25. The van der Waals surface area contributed by atoms with Crippen molar-refractivity contribution in [3.05, 3.63) is 62.8 Å². The first-order valence-corrected chi connectivity index (χ1v) is 10.2. The summed E-state index contributed by atoms with van der Waals surface area (Å²) in [6.45, 7) is 0.573. The van der Waals surface area contributed by atoms with E-state index >= 15 is 0 Å². The van der Waals surface area contributed by atoms with Crippen LogP contribution in [0, 0.1) is 0 Å². The number of carbonyl (C=O) groups excluding carboxylic acids is 1. The van der Waals surface area contributed by atoms with Crippen LogP contribution in [0.5, 0.6) is 0 Å². The lowest BCUT2D eigenvalue weighted by atomic mass is 10.1. The van der Waals surface area contributed by atoms with Gasteiger partial charge in [0, 0.05) is 18.8 Å². The van der Waals surface area contributed by atoms with E-state index in [-0.39, 0.29) is 29.2 Å². The number of nitrogens with zero attached hydrogens (tertiary/aromatic N) is 3. The highest BCUT2D eigenvalue weighted by Gasteiger charge is 2.36. The lowest BCUT2D eigenvalue weighted by molar-refractivity contribution is 0.0719. The van der Waals surface area contributed by atoms with Gasteiger partial charge >= 0.3 is 5.69 Å². The molecule has 0 bridgehead atoms. The van der Waals surface area contributed by atoms with Gasteiger partial charge in [0.05, 0.1) is 16.9 Å². The molecule has 5 rings (SSSR count). The first kappa shape index (κ1) is 17.9. The molecule has 0 radical (unpaired) electrons. The van der Waals surface area contributed by atoms with Crippen LogP contribution in [0.1, 0.15) is 66.9 Å². The van der Waals surface area contributed by atoms with Crippen LogP contribution in [0.3, 0.4) is 0 Å². The highest BCUT2D eigenvalue weighted by molar-refractivity contribution is 5.92. The quantitative estimate of drug-likeness (QED) is 0.713. The Hall–Kier alpha value is -3.16. The molecule has 1 amide bonds. The number of hydrogen-bond acceptors (Lipinski definition) is 4. The van der Waals surface area contributed by atoms with E-state index in [0.29, 0.717) is 23.3 Å². The average Bonchev–Trinajstić information content (AvgIpc) is 3.49. The molecule has 2 aliphatic rings. The van der Waals surface area contributed by atoms with E-state index in [1.165, 1.54) is 6.20 Å². The molecule has 1 aliphatic carbocycles. The highest BCUT2D eigenvalue weighted by Crippen LogP contribution is 2.36. The van der Waals surface area contributed by atoms with E-state index in [1.54, 1.807) is 4.90 Å². The molecule has 3 heterocycles. The van der Waals surface area contributed by atoms with Crippen molar-refractivity contribution in [2.75, 3.05) is 6.54 Å². The van der Waals surface area contributed by atoms with E-state index in [1.807, 2.05) is 28.8 Å². The molecule has 3 aromatic rings. The fraction of sp³-hybridized carbons (Fsp3) is 0.429. The summed E-state index contributed by atoms with van der Waals surface area (Å²) in [5, 5.41) is 0.619. The fourth-order valence-corrected chi connectivity index (χ4v) is 4.79. The topological polar surface area (TPSA) is 104 Å². The summed E-state index contributed by atoms with van der Waals surface area (Å²) in [4.78, 5) is 49.5. The monoisotopic (exact) mass is 393 g/mol. The molecule has 2 fully saturated rings. The van der Waals surface area contributed by atoms with Gasteiger partial charge in [0.25, 0.3) is 11.5 Å². The second-order valence-corrected chi connectivity index (χ2v) is 7.91. The first-order valence-electron chi connectivity index (χ1n) is 10.2. The van der Waals surface area contributed by atoms with Crippen molar-refractivity contribution < 1.29 is 4.79 Å². The van der Waals surface area contributed by atoms with Crippen LogP contribution < -0.4 is 11.2 Å². The normalized spacial score (nSPS) is 20.0. The molecule has 8 heteroatoms. The van der Waals surface area contributed by atoms with Crippen molar-refractivity contribution in [2.45, 2.75) is 50.6 Å². The molecule has 0 spiro atoms. The number of rotatable bonds is 3. The molecule has 1 aliphatic heterocycles. The third-order valence-electron chi connectivity index (χ3n) is 6.16. The Morgan fingerprint density at radius 2 is 1.86 bits per heavy atom. The van der Waals surface area contributed by atoms with E-state index in [2.05, 4.69) is 9.97 Å². The molecule has 1 saturated carbocycles. The predicted octanol–water partition coefficient (Wildman–Crippen LogP) is 2.51. The van der Waals surface area contributed by atoms with Crippen LogP contribution in [0.25, 0.3) is 10.9 Å². The van der Waals surface area contributed by atoms with Crippen molar-refractivity contribution in [3.8, 4) is 0 Å². The zero-order valence-electron chi connectivity index (χ0n) is 16.1. The minimum absolute atomic E-state index is 0.0214. The molecular weight excluding hydrogens is 370 g/mol. The Bertz CT molecular complexity index is 1180. The molecular formula is C21H23N5O3. The Kier molecular flexibility index (Phi) is 4.34. The summed E-state index contributed by atoms with van der Waals surface area (Å²) in [6.07, 6.45) is 7.09. The number of para-hydroxylation sites is 1. The van der Waals surface area contributed by atoms with Gasteiger partial charge in [0.1, 0.15) is 11.5 Å². The summed E-state index contributed by atoms with van der Waals surface area (Å²) >= 11 is 0. The summed E-state index contributed by atoms with van der Waals surface area (Å²) in [7, 11) is 0. The summed E-state index contributed by atoms with van der Waals surface area (Å²) in [5.74, 6) is 0.426. The van der Waals surface area contributed by atoms with Crippen LogP contribution in [0.15, 0.2) is 40.1 Å². The van der Waals surface area contributed by atoms with Crippen LogP contribution >= 0.6 is 0 Å². The Labute approximate surface area is 166 Å². The maximum absolute atomic E-state index is 13.4. The Balaban J connectivity index is 1.64. The number of hydrogen-bond donors (Lipinski definition) is 2. The SMILES string of the molecule is O=C(c1c[nH]c(=O)[nH]1)N1CCCC1c1nc2ccccc2c(=O)n1C1CCCC1. The minimum Gasteiger partial charge on any atom is -0.327 e. The largest absolute Gasteiger partial charge is 0.327 e. The number of imidazole rings is 1. The van der Waals surface area contributed by atoms with E-state index in [4.69, 9.17) is 4.98 Å². The molecule has 8 nitrogen and oxygen atoms in total. The standard InChI is InChI=1S/C21H23N5O3/c27-19-14-8-3-4-9-15(14)23-18(26(19)13-6-1-2-7-13)17-10-5-11-25(17)20(28)16-12-22-21(29)24-16/h3-4,8-9,12-13,17H,1-2,5-7,10-11H2,(H2,22,24,29). The fourth-order valence-electron chi connectivity index (χ4n) is 4.79. The van der Waals surface area contributed by atoms with Crippen molar-refractivity contribution in [2.24, 2.45) is 0 Å². The molecule has 2 N–H and O–H groups in total. The minimum atomic E-state index is -0.407. The molecule has 1 atom stereocenters. The number of likely N-dealkylation sites (tertiary alicyclic amines) is 1. The maximum atomic E-state index is 13.4. The number of carbonyl (C=O) groups is 1. The zero-order valence-corrected chi connectivity index (χ0v) is 16.1. The average molecular weight is 393 g/mol. The number of fused-ring (bicyclic) bond motifs is 1. The number of benzene rings is 1. The Morgan fingerprint density at radius 3 is 2.62 bits per heavy atom. The number of amides is 1. The molecule has 29 heavy (non-hydrogen) atoms. The van der Waals surface area contributed by atoms with Crippen molar-refractivity contribution in [3.63, 3.8) is 0 Å². The van der Waals surface area contributed by atoms with E-state index in [0.717, 1.165) is 38.5 Å². The van der Waals surface area contributed by atoms with Gasteiger partial charge in [-0.25, -0.2) is 9.78 Å². The summed E-state index contributed by atoms with van der Waals surface area (Å²) in [5.41, 5.74) is 0.469. The van der Waals surface area contributed by atoms with Crippen molar-refractivity contribution in [1.82, 2.24) is 24.4 Å².